The van der Waals surface area contributed by atoms with E-state index in [9.17, 15) is 9.90 Å². The minimum Gasteiger partial charge on any atom is -0.481 e. The van der Waals surface area contributed by atoms with Crippen LogP contribution in [0.15, 0.2) is 36.5 Å². The van der Waals surface area contributed by atoms with E-state index in [0.29, 0.717) is 6.42 Å². The van der Waals surface area contributed by atoms with Gasteiger partial charge in [-0.3, -0.25) is 4.79 Å². The second-order valence-corrected chi connectivity index (χ2v) is 4.87. The van der Waals surface area contributed by atoms with Gasteiger partial charge in [-0.15, -0.1) is 0 Å². The van der Waals surface area contributed by atoms with Crippen LogP contribution >= 0.6 is 0 Å². The summed E-state index contributed by atoms with van der Waals surface area (Å²) in [5, 5.41) is 18.1. The molecular weight excluding hydrogens is 252 g/mol. The molecular formula is C17H28O3. The molecule has 20 heavy (non-hydrogen) atoms. The molecule has 0 rings (SSSR count). The molecule has 0 radical (unpaired) electrons. The zero-order chi connectivity index (χ0) is 15.1. The number of carboxylic acid groups (broad SMARTS) is 1. The number of carboxylic acids is 1. The Balaban J connectivity index is 3.54. The molecule has 0 fully saturated rings. The van der Waals surface area contributed by atoms with E-state index < -0.39 is 5.97 Å². The lowest BCUT2D eigenvalue weighted by atomic mass is 10.1. The molecule has 0 bridgehead atoms. The summed E-state index contributed by atoms with van der Waals surface area (Å²) in [5.41, 5.74) is 0. The first kappa shape index (κ1) is 18.7. The Hall–Kier alpha value is -1.35. The molecule has 2 N–H and O–H groups in total. The quantitative estimate of drug-likeness (QED) is 0.319. The van der Waals surface area contributed by atoms with Crippen molar-refractivity contribution in [2.24, 2.45) is 0 Å². The van der Waals surface area contributed by atoms with Gasteiger partial charge in [0.05, 0.1) is 6.10 Å². The predicted molar refractivity (Wildman–Crippen MR) is 83.7 cm³/mol. The van der Waals surface area contributed by atoms with E-state index >= 15 is 0 Å². The number of aliphatic carboxylic acids is 1. The largest absolute Gasteiger partial charge is 0.481 e. The van der Waals surface area contributed by atoms with E-state index in [4.69, 9.17) is 5.11 Å². The van der Waals surface area contributed by atoms with Crippen LogP contribution in [0.4, 0.5) is 0 Å². The average molecular weight is 280 g/mol. The van der Waals surface area contributed by atoms with E-state index in [1.54, 1.807) is 0 Å². The number of rotatable bonds is 12. The van der Waals surface area contributed by atoms with Crippen LogP contribution in [0.1, 0.15) is 58.3 Å². The summed E-state index contributed by atoms with van der Waals surface area (Å²) >= 11 is 0. The number of allylic oxidation sites excluding steroid dienone is 5. The lowest BCUT2D eigenvalue weighted by molar-refractivity contribution is -0.137. The summed E-state index contributed by atoms with van der Waals surface area (Å²) in [7, 11) is 0. The van der Waals surface area contributed by atoms with Gasteiger partial charge in [-0.1, -0.05) is 62.6 Å². The third-order valence-electron chi connectivity index (χ3n) is 2.88. The number of hydrogen-bond donors (Lipinski definition) is 2. The lowest BCUT2D eigenvalue weighted by Crippen LogP contribution is -2.00. The summed E-state index contributed by atoms with van der Waals surface area (Å²) in [6, 6.07) is 0. The standard InChI is InChI=1S/C17H28O3/c1-2-3-10-13-16(18)14-11-8-6-4-5-7-9-12-15-17(19)20/h5-8,11,14,16,18H,2-4,9-10,12-13,15H2,1H3,(H,19,20)/b7-5-,8-6-,14-11+/t16-/m0/s1. The average Bonchev–Trinajstić information content (AvgIpc) is 2.41. The molecule has 0 aromatic carbocycles. The molecule has 0 spiro atoms. The minimum absolute atomic E-state index is 0.235. The second-order valence-electron chi connectivity index (χ2n) is 4.87. The summed E-state index contributed by atoms with van der Waals surface area (Å²) in [6.45, 7) is 2.15. The summed E-state index contributed by atoms with van der Waals surface area (Å²) in [6.07, 6.45) is 18.2. The fourth-order valence-corrected chi connectivity index (χ4v) is 1.71. The Morgan fingerprint density at radius 1 is 1.10 bits per heavy atom. The molecule has 0 aliphatic rings. The highest BCUT2D eigenvalue weighted by molar-refractivity contribution is 5.66. The fraction of sp³-hybridized carbons (Fsp3) is 0.588. The van der Waals surface area contributed by atoms with Crippen LogP contribution in [-0.4, -0.2) is 22.3 Å². The molecule has 0 heterocycles. The van der Waals surface area contributed by atoms with Crippen LogP contribution in [-0.2, 0) is 4.79 Å². The Labute approximate surface area is 122 Å². The molecule has 3 heteroatoms. The van der Waals surface area contributed by atoms with Crippen LogP contribution < -0.4 is 0 Å². The van der Waals surface area contributed by atoms with Crippen molar-refractivity contribution in [2.75, 3.05) is 0 Å². The normalized spacial score (nSPS) is 13.7. The Kier molecular flexibility index (Phi) is 13.1. The van der Waals surface area contributed by atoms with Crippen molar-refractivity contribution in [3.8, 4) is 0 Å². The van der Waals surface area contributed by atoms with Crippen molar-refractivity contribution < 1.29 is 15.0 Å². The highest BCUT2D eigenvalue weighted by Gasteiger charge is 1.96. The van der Waals surface area contributed by atoms with Crippen LogP contribution in [0.2, 0.25) is 0 Å². The number of hydrogen-bond acceptors (Lipinski definition) is 2. The Bertz CT molecular complexity index is 316. The lowest BCUT2D eigenvalue weighted by Gasteiger charge is -2.02. The molecule has 0 amide bonds. The van der Waals surface area contributed by atoms with Crippen LogP contribution in [0, 0.1) is 0 Å². The van der Waals surface area contributed by atoms with E-state index in [1.807, 2.05) is 36.5 Å². The zero-order valence-electron chi connectivity index (χ0n) is 12.5. The van der Waals surface area contributed by atoms with Crippen molar-refractivity contribution >= 4 is 5.97 Å². The summed E-state index contributed by atoms with van der Waals surface area (Å²) < 4.78 is 0. The zero-order valence-corrected chi connectivity index (χ0v) is 12.5. The van der Waals surface area contributed by atoms with Gasteiger partial charge in [-0.2, -0.15) is 0 Å². The number of carbonyl (C=O) groups is 1. The third-order valence-corrected chi connectivity index (χ3v) is 2.88. The van der Waals surface area contributed by atoms with Gasteiger partial charge in [0.1, 0.15) is 0 Å². The maximum Gasteiger partial charge on any atom is 0.303 e. The van der Waals surface area contributed by atoms with E-state index in [-0.39, 0.29) is 12.5 Å². The first-order valence-electron chi connectivity index (χ1n) is 7.55. The van der Waals surface area contributed by atoms with Gasteiger partial charge < -0.3 is 10.2 Å². The van der Waals surface area contributed by atoms with Gasteiger partial charge in [0, 0.05) is 6.42 Å². The van der Waals surface area contributed by atoms with Crippen LogP contribution in [0.3, 0.4) is 0 Å². The molecule has 0 aromatic rings. The van der Waals surface area contributed by atoms with Crippen molar-refractivity contribution in [1.29, 1.82) is 0 Å². The predicted octanol–water partition coefficient (Wildman–Crippen LogP) is 4.24. The molecule has 0 aliphatic carbocycles. The van der Waals surface area contributed by atoms with E-state index in [2.05, 4.69) is 6.92 Å². The first-order valence-corrected chi connectivity index (χ1v) is 7.55. The molecule has 1 atom stereocenters. The van der Waals surface area contributed by atoms with Crippen LogP contribution in [0.25, 0.3) is 0 Å². The van der Waals surface area contributed by atoms with Crippen LogP contribution in [0.5, 0.6) is 0 Å². The van der Waals surface area contributed by atoms with Crippen molar-refractivity contribution in [1.82, 2.24) is 0 Å². The van der Waals surface area contributed by atoms with Crippen molar-refractivity contribution in [3.05, 3.63) is 36.5 Å². The maximum absolute atomic E-state index is 10.3. The van der Waals surface area contributed by atoms with Gasteiger partial charge in [-0.05, 0) is 25.7 Å². The van der Waals surface area contributed by atoms with E-state index in [0.717, 1.165) is 25.7 Å². The minimum atomic E-state index is -0.735. The summed E-state index contributed by atoms with van der Waals surface area (Å²) in [4.78, 5) is 10.3. The number of aliphatic hydroxyl groups excluding tert-OH is 1. The SMILES string of the molecule is CCCCC[C@H](O)/C=C/C=C\C/C=C\CCCC(=O)O. The number of aliphatic hydroxyl groups is 1. The summed E-state index contributed by atoms with van der Waals surface area (Å²) in [5.74, 6) is -0.735. The monoisotopic (exact) mass is 280 g/mol. The molecule has 0 unspecified atom stereocenters. The number of unbranched alkanes of at least 4 members (excludes halogenated alkanes) is 3. The fourth-order valence-electron chi connectivity index (χ4n) is 1.71. The van der Waals surface area contributed by atoms with Crippen molar-refractivity contribution in [3.63, 3.8) is 0 Å². The molecule has 0 aromatic heterocycles. The molecule has 114 valence electrons. The highest BCUT2D eigenvalue weighted by atomic mass is 16.4. The Morgan fingerprint density at radius 2 is 1.90 bits per heavy atom. The molecule has 0 aliphatic heterocycles. The molecule has 3 nitrogen and oxygen atoms in total. The maximum atomic E-state index is 10.3. The van der Waals surface area contributed by atoms with Crippen molar-refractivity contribution in [2.45, 2.75) is 64.4 Å². The first-order chi connectivity index (χ1) is 9.66. The van der Waals surface area contributed by atoms with Gasteiger partial charge in [0.25, 0.3) is 0 Å². The third kappa shape index (κ3) is 14.7. The van der Waals surface area contributed by atoms with E-state index in [1.165, 1.54) is 12.8 Å². The second kappa shape index (κ2) is 14.1. The highest BCUT2D eigenvalue weighted by Crippen LogP contribution is 2.04. The Morgan fingerprint density at radius 3 is 2.60 bits per heavy atom. The van der Waals surface area contributed by atoms with Gasteiger partial charge in [0.15, 0.2) is 0 Å². The topological polar surface area (TPSA) is 57.5 Å². The smallest absolute Gasteiger partial charge is 0.303 e. The van der Waals surface area contributed by atoms with Gasteiger partial charge >= 0.3 is 5.97 Å². The molecule has 0 saturated heterocycles. The molecule has 0 saturated carbocycles. The van der Waals surface area contributed by atoms with Gasteiger partial charge in [0.2, 0.25) is 0 Å². The van der Waals surface area contributed by atoms with Gasteiger partial charge in [-0.25, -0.2) is 0 Å².